The van der Waals surface area contributed by atoms with Crippen LogP contribution in [0.4, 0.5) is 0 Å². The minimum Gasteiger partial charge on any atom is -0.481 e. The van der Waals surface area contributed by atoms with Crippen LogP contribution in [-0.2, 0) is 20.8 Å². The maximum atomic E-state index is 12.4. The Morgan fingerprint density at radius 2 is 2.15 bits per heavy atom. The minimum absolute atomic E-state index is 0.179. The van der Waals surface area contributed by atoms with Crippen LogP contribution in [0.2, 0.25) is 0 Å². The van der Waals surface area contributed by atoms with E-state index in [0.29, 0.717) is 45.2 Å². The number of amides is 1. The van der Waals surface area contributed by atoms with Crippen LogP contribution >= 0.6 is 0 Å². The Labute approximate surface area is 161 Å². The summed E-state index contributed by atoms with van der Waals surface area (Å²) >= 11 is 0. The van der Waals surface area contributed by atoms with Crippen molar-refractivity contribution >= 4 is 5.91 Å². The van der Waals surface area contributed by atoms with Gasteiger partial charge >= 0.3 is 0 Å². The van der Waals surface area contributed by atoms with Crippen LogP contribution in [0.1, 0.15) is 31.7 Å². The highest BCUT2D eigenvalue weighted by Crippen LogP contribution is 2.30. The van der Waals surface area contributed by atoms with Crippen LogP contribution in [0.3, 0.4) is 0 Å². The van der Waals surface area contributed by atoms with Crippen LogP contribution in [0.25, 0.3) is 0 Å². The van der Waals surface area contributed by atoms with E-state index in [1.807, 2.05) is 24.0 Å². The van der Waals surface area contributed by atoms with Crippen LogP contribution in [-0.4, -0.2) is 79.4 Å². The molecule has 1 aromatic rings. The third kappa shape index (κ3) is 5.40. The SMILES string of the molecule is CCOCCN1CC2(CCN(Cc3ccnc(OC)c3)CC2)OCCC1=O. The average Bonchev–Trinajstić information content (AvgIpc) is 2.83. The molecule has 0 radical (unpaired) electrons. The fraction of sp³-hybridized carbons (Fsp3) is 0.700. The largest absolute Gasteiger partial charge is 0.481 e. The number of hydrogen-bond acceptors (Lipinski definition) is 6. The predicted molar refractivity (Wildman–Crippen MR) is 102 cm³/mol. The summed E-state index contributed by atoms with van der Waals surface area (Å²) in [5, 5.41) is 0. The topological polar surface area (TPSA) is 64.1 Å². The standard InChI is InChI=1S/C20H31N3O4/c1-3-26-13-11-23-16-20(27-12-5-19(23)24)6-9-22(10-7-20)15-17-4-8-21-18(14-17)25-2/h4,8,14H,3,5-7,9-13,15-16H2,1-2H3. The normalized spacial score (nSPS) is 20.7. The maximum absolute atomic E-state index is 12.4. The molecule has 2 saturated heterocycles. The molecule has 0 aliphatic carbocycles. The number of hydrogen-bond donors (Lipinski definition) is 0. The fourth-order valence-electron chi connectivity index (χ4n) is 3.86. The number of carbonyl (C=O) groups excluding carboxylic acids is 1. The molecule has 0 aromatic carbocycles. The molecular weight excluding hydrogens is 346 g/mol. The Morgan fingerprint density at radius 3 is 2.89 bits per heavy atom. The summed E-state index contributed by atoms with van der Waals surface area (Å²) in [7, 11) is 1.64. The minimum atomic E-state index is -0.217. The highest BCUT2D eigenvalue weighted by Gasteiger charge is 2.40. The lowest BCUT2D eigenvalue weighted by molar-refractivity contribution is -0.132. The van der Waals surface area contributed by atoms with Gasteiger partial charge in [-0.2, -0.15) is 0 Å². The van der Waals surface area contributed by atoms with E-state index >= 15 is 0 Å². The lowest BCUT2D eigenvalue weighted by Gasteiger charge is -2.42. The van der Waals surface area contributed by atoms with Gasteiger partial charge in [0.2, 0.25) is 11.8 Å². The molecule has 7 nitrogen and oxygen atoms in total. The number of piperidine rings is 1. The van der Waals surface area contributed by atoms with Crippen LogP contribution in [0, 0.1) is 0 Å². The monoisotopic (exact) mass is 377 g/mol. The van der Waals surface area contributed by atoms with E-state index < -0.39 is 0 Å². The van der Waals surface area contributed by atoms with Crippen molar-refractivity contribution in [2.24, 2.45) is 0 Å². The molecule has 3 heterocycles. The first-order chi connectivity index (χ1) is 13.1. The molecule has 2 fully saturated rings. The Bertz CT molecular complexity index is 617. The summed E-state index contributed by atoms with van der Waals surface area (Å²) in [6.45, 7) is 7.88. The number of nitrogens with zero attached hydrogens (tertiary/aromatic N) is 3. The van der Waals surface area contributed by atoms with E-state index in [-0.39, 0.29) is 11.5 Å². The molecule has 1 aromatic heterocycles. The molecule has 0 N–H and O–H groups in total. The molecule has 0 atom stereocenters. The maximum Gasteiger partial charge on any atom is 0.225 e. The molecule has 2 aliphatic rings. The summed E-state index contributed by atoms with van der Waals surface area (Å²) in [6.07, 6.45) is 4.13. The zero-order chi connectivity index (χ0) is 19.1. The van der Waals surface area contributed by atoms with Crippen molar-refractivity contribution in [2.75, 3.05) is 53.1 Å². The second-order valence-electron chi connectivity index (χ2n) is 7.28. The van der Waals surface area contributed by atoms with Crippen molar-refractivity contribution in [2.45, 2.75) is 38.3 Å². The van der Waals surface area contributed by atoms with Crippen molar-refractivity contribution in [3.63, 3.8) is 0 Å². The van der Waals surface area contributed by atoms with Crippen molar-refractivity contribution in [3.8, 4) is 5.88 Å². The van der Waals surface area contributed by atoms with Crippen molar-refractivity contribution in [1.29, 1.82) is 0 Å². The highest BCUT2D eigenvalue weighted by atomic mass is 16.5. The van der Waals surface area contributed by atoms with Crippen LogP contribution in [0.5, 0.6) is 5.88 Å². The average molecular weight is 377 g/mol. The predicted octanol–water partition coefficient (Wildman–Crippen LogP) is 1.71. The van der Waals surface area contributed by atoms with Crippen molar-refractivity contribution in [1.82, 2.24) is 14.8 Å². The fourth-order valence-corrected chi connectivity index (χ4v) is 3.86. The van der Waals surface area contributed by atoms with Crippen molar-refractivity contribution in [3.05, 3.63) is 23.9 Å². The molecule has 0 saturated carbocycles. The lowest BCUT2D eigenvalue weighted by Crippen LogP contribution is -2.52. The Kier molecular flexibility index (Phi) is 7.04. The van der Waals surface area contributed by atoms with Crippen LogP contribution < -0.4 is 4.74 Å². The quantitative estimate of drug-likeness (QED) is 0.674. The molecule has 0 unspecified atom stereocenters. The van der Waals surface area contributed by atoms with Gasteiger partial charge in [0.15, 0.2) is 0 Å². The Hall–Kier alpha value is -1.70. The zero-order valence-corrected chi connectivity index (χ0v) is 16.5. The number of likely N-dealkylation sites (tertiary alicyclic amines) is 1. The summed E-state index contributed by atoms with van der Waals surface area (Å²) in [6, 6.07) is 4.02. The summed E-state index contributed by atoms with van der Waals surface area (Å²) in [5.74, 6) is 0.828. The second kappa shape index (κ2) is 9.48. The molecule has 7 heteroatoms. The number of pyridine rings is 1. The van der Waals surface area contributed by atoms with Gasteiger partial charge < -0.3 is 19.1 Å². The molecular formula is C20H31N3O4. The smallest absolute Gasteiger partial charge is 0.225 e. The van der Waals surface area contributed by atoms with E-state index in [9.17, 15) is 4.79 Å². The van der Waals surface area contributed by atoms with E-state index in [4.69, 9.17) is 14.2 Å². The molecule has 1 amide bonds. The third-order valence-electron chi connectivity index (χ3n) is 5.45. The van der Waals surface area contributed by atoms with Gasteiger partial charge in [-0.1, -0.05) is 0 Å². The van der Waals surface area contributed by atoms with Gasteiger partial charge in [0, 0.05) is 51.6 Å². The first-order valence-electron chi connectivity index (χ1n) is 9.85. The summed E-state index contributed by atoms with van der Waals surface area (Å²) in [4.78, 5) is 20.9. The number of rotatable bonds is 7. The van der Waals surface area contributed by atoms with E-state index in [1.54, 1.807) is 13.3 Å². The molecule has 2 aliphatic heterocycles. The number of aromatic nitrogens is 1. The first-order valence-corrected chi connectivity index (χ1v) is 9.85. The lowest BCUT2D eigenvalue weighted by atomic mass is 9.90. The van der Waals surface area contributed by atoms with E-state index in [2.05, 4.69) is 9.88 Å². The molecule has 0 bridgehead atoms. The van der Waals surface area contributed by atoms with Crippen LogP contribution in [0.15, 0.2) is 18.3 Å². The Balaban J connectivity index is 1.56. The number of methoxy groups -OCH3 is 1. The number of ether oxygens (including phenoxy) is 3. The number of carbonyl (C=O) groups is 1. The van der Waals surface area contributed by atoms with E-state index in [0.717, 1.165) is 32.5 Å². The van der Waals surface area contributed by atoms with E-state index in [1.165, 1.54) is 5.56 Å². The summed E-state index contributed by atoms with van der Waals surface area (Å²) in [5.41, 5.74) is 0.984. The van der Waals surface area contributed by atoms with Gasteiger partial charge in [-0.15, -0.1) is 0 Å². The van der Waals surface area contributed by atoms with Gasteiger partial charge in [0.25, 0.3) is 0 Å². The molecule has 1 spiro atoms. The molecule has 3 rings (SSSR count). The van der Waals surface area contributed by atoms with Gasteiger partial charge in [-0.25, -0.2) is 4.98 Å². The first kappa shape index (κ1) is 20.0. The van der Waals surface area contributed by atoms with Gasteiger partial charge in [0.05, 0.1) is 32.3 Å². The molecule has 150 valence electrons. The van der Waals surface area contributed by atoms with Gasteiger partial charge in [-0.05, 0) is 31.4 Å². The van der Waals surface area contributed by atoms with Gasteiger partial charge in [-0.3, -0.25) is 9.69 Å². The summed E-state index contributed by atoms with van der Waals surface area (Å²) < 4.78 is 16.9. The highest BCUT2D eigenvalue weighted by molar-refractivity contribution is 5.76. The third-order valence-corrected chi connectivity index (χ3v) is 5.45. The zero-order valence-electron chi connectivity index (χ0n) is 16.5. The van der Waals surface area contributed by atoms with Crippen molar-refractivity contribution < 1.29 is 19.0 Å². The Morgan fingerprint density at radius 1 is 1.33 bits per heavy atom. The second-order valence-corrected chi connectivity index (χ2v) is 7.28. The molecule has 27 heavy (non-hydrogen) atoms. The van der Waals surface area contributed by atoms with Gasteiger partial charge in [0.1, 0.15) is 0 Å².